The van der Waals surface area contributed by atoms with Gasteiger partial charge in [0.25, 0.3) is 0 Å². The van der Waals surface area contributed by atoms with E-state index in [2.05, 4.69) is 0 Å². The van der Waals surface area contributed by atoms with Crippen LogP contribution in [0.1, 0.15) is 39.2 Å². The van der Waals surface area contributed by atoms with E-state index in [0.717, 1.165) is 5.56 Å². The second-order valence-corrected chi connectivity index (χ2v) is 8.61. The molecule has 33 heavy (non-hydrogen) atoms. The predicted octanol–water partition coefficient (Wildman–Crippen LogP) is 1.62. The largest absolute Gasteiger partial charge is 0.480 e. The lowest BCUT2D eigenvalue weighted by atomic mass is 10.2. The number of benzene rings is 1. The number of esters is 2. The van der Waals surface area contributed by atoms with Crippen LogP contribution in [-0.4, -0.2) is 88.8 Å². The van der Waals surface area contributed by atoms with Crippen LogP contribution in [0, 0.1) is 0 Å². The number of carbonyl (C=O) groups excluding carboxylic acids is 2. The number of carboxylic acids is 2. The van der Waals surface area contributed by atoms with Crippen molar-refractivity contribution in [3.8, 4) is 0 Å². The first-order chi connectivity index (χ1) is 15.4. The number of aliphatic carboxylic acids is 2. The fourth-order valence-electron chi connectivity index (χ4n) is 2.96. The number of hydrogen-bond acceptors (Lipinski definition) is 8. The summed E-state index contributed by atoms with van der Waals surface area (Å²) in [5.74, 6) is -3.11. The van der Waals surface area contributed by atoms with Crippen molar-refractivity contribution in [3.63, 3.8) is 0 Å². The van der Waals surface area contributed by atoms with E-state index in [1.807, 2.05) is 30.3 Å². The van der Waals surface area contributed by atoms with Crippen molar-refractivity contribution in [3.05, 3.63) is 35.9 Å². The van der Waals surface area contributed by atoms with Crippen LogP contribution < -0.4 is 0 Å². The summed E-state index contributed by atoms with van der Waals surface area (Å²) in [6.07, 6.45) is 0.555. The first-order valence-electron chi connectivity index (χ1n) is 10.7. The molecule has 184 valence electrons. The van der Waals surface area contributed by atoms with Gasteiger partial charge in [0.15, 0.2) is 0 Å². The highest BCUT2D eigenvalue weighted by atomic mass is 16.6. The SMILES string of the molecule is CC(C)(C)OC(=O)CN(CCCC(=O)OCc1ccccc1)CCN(CC(=O)O)CC(=O)O. The van der Waals surface area contributed by atoms with Crippen LogP contribution in [0.5, 0.6) is 0 Å². The Bertz CT molecular complexity index is 760. The quantitative estimate of drug-likeness (QED) is 0.367. The zero-order chi connectivity index (χ0) is 24.9. The molecule has 0 bridgehead atoms. The number of carbonyl (C=O) groups is 4. The molecule has 1 rings (SSSR count). The Hall–Kier alpha value is -2.98. The van der Waals surface area contributed by atoms with E-state index >= 15 is 0 Å². The molecule has 10 nitrogen and oxygen atoms in total. The van der Waals surface area contributed by atoms with Gasteiger partial charge in [-0.2, -0.15) is 0 Å². The molecule has 0 spiro atoms. The average molecular weight is 467 g/mol. The smallest absolute Gasteiger partial charge is 0.320 e. The highest BCUT2D eigenvalue weighted by Gasteiger charge is 2.21. The van der Waals surface area contributed by atoms with Crippen LogP contribution in [0.4, 0.5) is 0 Å². The summed E-state index contributed by atoms with van der Waals surface area (Å²) in [4.78, 5) is 49.3. The van der Waals surface area contributed by atoms with E-state index in [0.29, 0.717) is 13.0 Å². The highest BCUT2D eigenvalue weighted by molar-refractivity contribution is 5.73. The molecule has 2 N–H and O–H groups in total. The van der Waals surface area contributed by atoms with Crippen LogP contribution in [0.15, 0.2) is 30.3 Å². The van der Waals surface area contributed by atoms with Gasteiger partial charge in [0, 0.05) is 19.5 Å². The Labute approximate surface area is 194 Å². The fourth-order valence-corrected chi connectivity index (χ4v) is 2.96. The fraction of sp³-hybridized carbons (Fsp3) is 0.565. The molecule has 0 aliphatic heterocycles. The first-order valence-corrected chi connectivity index (χ1v) is 10.7. The summed E-state index contributed by atoms with van der Waals surface area (Å²) in [5, 5.41) is 18.0. The molecule has 0 saturated carbocycles. The summed E-state index contributed by atoms with van der Waals surface area (Å²) in [6, 6.07) is 9.30. The maximum Gasteiger partial charge on any atom is 0.320 e. The summed E-state index contributed by atoms with van der Waals surface area (Å²) in [6.45, 7) is 5.21. The molecule has 0 saturated heterocycles. The van der Waals surface area contributed by atoms with E-state index in [4.69, 9.17) is 19.7 Å². The van der Waals surface area contributed by atoms with Crippen molar-refractivity contribution in [2.45, 2.75) is 45.8 Å². The summed E-state index contributed by atoms with van der Waals surface area (Å²) in [7, 11) is 0. The van der Waals surface area contributed by atoms with E-state index in [-0.39, 0.29) is 38.6 Å². The number of rotatable bonds is 15. The maximum absolute atomic E-state index is 12.3. The van der Waals surface area contributed by atoms with Gasteiger partial charge in [-0.15, -0.1) is 0 Å². The minimum Gasteiger partial charge on any atom is -0.480 e. The standard InChI is InChI=1S/C23H34N2O8/c1-23(2,3)33-22(31)16-24(12-13-25(14-19(26)27)15-20(28)29)11-7-10-21(30)32-17-18-8-5-4-6-9-18/h4-6,8-9H,7,10-17H2,1-3H3,(H,26,27)(H,28,29). The Morgan fingerprint density at radius 2 is 1.39 bits per heavy atom. The lowest BCUT2D eigenvalue weighted by Crippen LogP contribution is -2.43. The van der Waals surface area contributed by atoms with E-state index in [1.54, 1.807) is 25.7 Å². The van der Waals surface area contributed by atoms with Gasteiger partial charge in [0.2, 0.25) is 0 Å². The molecule has 0 aromatic heterocycles. The van der Waals surface area contributed by atoms with Gasteiger partial charge >= 0.3 is 23.9 Å². The molecule has 0 fully saturated rings. The van der Waals surface area contributed by atoms with Gasteiger partial charge < -0.3 is 19.7 Å². The van der Waals surface area contributed by atoms with Crippen LogP contribution in [0.2, 0.25) is 0 Å². The van der Waals surface area contributed by atoms with Crippen molar-refractivity contribution in [2.24, 2.45) is 0 Å². The van der Waals surface area contributed by atoms with Crippen molar-refractivity contribution in [1.29, 1.82) is 0 Å². The molecular weight excluding hydrogens is 432 g/mol. The minimum absolute atomic E-state index is 0.0652. The zero-order valence-electron chi connectivity index (χ0n) is 19.5. The Morgan fingerprint density at radius 1 is 0.818 bits per heavy atom. The second-order valence-electron chi connectivity index (χ2n) is 8.61. The minimum atomic E-state index is -1.14. The molecule has 0 aliphatic rings. The molecular formula is C23H34N2O8. The molecule has 0 radical (unpaired) electrons. The van der Waals surface area contributed by atoms with Gasteiger partial charge in [0.05, 0.1) is 19.6 Å². The highest BCUT2D eigenvalue weighted by Crippen LogP contribution is 2.09. The van der Waals surface area contributed by atoms with Gasteiger partial charge in [0.1, 0.15) is 12.2 Å². The third-order valence-corrected chi connectivity index (χ3v) is 4.32. The van der Waals surface area contributed by atoms with Crippen molar-refractivity contribution >= 4 is 23.9 Å². The van der Waals surface area contributed by atoms with E-state index in [9.17, 15) is 19.2 Å². The van der Waals surface area contributed by atoms with Crippen molar-refractivity contribution in [2.75, 3.05) is 39.3 Å². The molecule has 0 unspecified atom stereocenters. The summed E-state index contributed by atoms with van der Waals surface area (Å²) < 4.78 is 10.6. The normalized spacial score (nSPS) is 11.4. The third kappa shape index (κ3) is 14.7. The number of nitrogens with zero attached hydrogens (tertiary/aromatic N) is 2. The second kappa shape index (κ2) is 14.2. The lowest BCUT2D eigenvalue weighted by molar-refractivity contribution is -0.156. The monoisotopic (exact) mass is 466 g/mol. The number of hydrogen-bond donors (Lipinski definition) is 2. The third-order valence-electron chi connectivity index (χ3n) is 4.32. The summed E-state index contributed by atoms with van der Waals surface area (Å²) in [5.41, 5.74) is 0.220. The van der Waals surface area contributed by atoms with Crippen LogP contribution >= 0.6 is 0 Å². The molecule has 0 heterocycles. The molecule has 1 aromatic rings. The molecule has 0 aliphatic carbocycles. The average Bonchev–Trinajstić information content (AvgIpc) is 2.68. The molecule has 10 heteroatoms. The molecule has 1 aromatic carbocycles. The van der Waals surface area contributed by atoms with Crippen molar-refractivity contribution in [1.82, 2.24) is 9.80 Å². The van der Waals surface area contributed by atoms with E-state index in [1.165, 1.54) is 4.90 Å². The Morgan fingerprint density at radius 3 is 1.94 bits per heavy atom. The molecule has 0 atom stereocenters. The Balaban J connectivity index is 2.60. The Kier molecular flexibility index (Phi) is 12.1. The summed E-state index contributed by atoms with van der Waals surface area (Å²) >= 11 is 0. The van der Waals surface area contributed by atoms with Crippen LogP contribution in [-0.2, 0) is 35.3 Å². The topological polar surface area (TPSA) is 134 Å². The van der Waals surface area contributed by atoms with Gasteiger partial charge in [-0.3, -0.25) is 29.0 Å². The number of carboxylic acid groups (broad SMARTS) is 2. The van der Waals surface area contributed by atoms with Gasteiger partial charge in [-0.05, 0) is 39.3 Å². The first kappa shape index (κ1) is 28.1. The van der Waals surface area contributed by atoms with Crippen LogP contribution in [0.25, 0.3) is 0 Å². The lowest BCUT2D eigenvalue weighted by Gasteiger charge is -2.27. The number of ether oxygens (including phenoxy) is 2. The van der Waals surface area contributed by atoms with E-state index < -0.39 is 36.6 Å². The molecule has 0 amide bonds. The van der Waals surface area contributed by atoms with Gasteiger partial charge in [-0.25, -0.2) is 0 Å². The van der Waals surface area contributed by atoms with Crippen LogP contribution in [0.3, 0.4) is 0 Å². The van der Waals surface area contributed by atoms with Crippen molar-refractivity contribution < 1.29 is 38.9 Å². The van der Waals surface area contributed by atoms with Gasteiger partial charge in [-0.1, -0.05) is 30.3 Å². The zero-order valence-corrected chi connectivity index (χ0v) is 19.5. The maximum atomic E-state index is 12.3. The predicted molar refractivity (Wildman–Crippen MR) is 119 cm³/mol.